The molecule has 0 unspecified atom stereocenters. The highest BCUT2D eigenvalue weighted by Crippen LogP contribution is 2.33. The fourth-order valence-electron chi connectivity index (χ4n) is 6.42. The molecular weight excluding hydrogens is 572 g/mol. The summed E-state index contributed by atoms with van der Waals surface area (Å²) >= 11 is 0. The Balaban J connectivity index is 1.34. The van der Waals surface area contributed by atoms with E-state index in [2.05, 4.69) is 29.7 Å². The standard InChI is InChI=1S/C39H36N4O3/c1-2-3-18-36-41-33-26-43(38(44)37(29-12-6-4-7-13-29)30-14-8-5-9-15-30)35(39(45)46)23-34(33)42(36)25-27-19-21-28(22-20-27)32-17-11-10-16-31(32)24-40/h4-17,19-22,35,37H,2-3,18,23,25-26H2,1H3,(H,45,46)/t35-/m0/s1. The summed E-state index contributed by atoms with van der Waals surface area (Å²) in [5, 5.41) is 20.0. The Morgan fingerprint density at radius 3 is 2.15 bits per heavy atom. The number of carbonyl (C=O) groups is 2. The molecule has 0 radical (unpaired) electrons. The Kier molecular flexibility index (Phi) is 9.07. The maximum Gasteiger partial charge on any atom is 0.326 e. The van der Waals surface area contributed by atoms with Crippen molar-refractivity contribution in [1.29, 1.82) is 5.26 Å². The van der Waals surface area contributed by atoms with Crippen LogP contribution in [0.25, 0.3) is 11.1 Å². The number of aryl methyl sites for hydroxylation is 1. The predicted octanol–water partition coefficient (Wildman–Crippen LogP) is 6.98. The minimum Gasteiger partial charge on any atom is -0.480 e. The van der Waals surface area contributed by atoms with Crippen molar-refractivity contribution in [3.63, 3.8) is 0 Å². The van der Waals surface area contributed by atoms with Gasteiger partial charge in [0.2, 0.25) is 5.91 Å². The van der Waals surface area contributed by atoms with Gasteiger partial charge < -0.3 is 14.6 Å². The lowest BCUT2D eigenvalue weighted by Gasteiger charge is -2.35. The van der Waals surface area contributed by atoms with Crippen molar-refractivity contribution in [2.75, 3.05) is 0 Å². The number of carboxylic acids is 1. The first-order chi connectivity index (χ1) is 22.5. The molecule has 0 saturated heterocycles. The summed E-state index contributed by atoms with van der Waals surface area (Å²) in [7, 11) is 0. The van der Waals surface area contributed by atoms with Crippen molar-refractivity contribution in [3.05, 3.63) is 149 Å². The van der Waals surface area contributed by atoms with Crippen LogP contribution in [0.2, 0.25) is 0 Å². The summed E-state index contributed by atoms with van der Waals surface area (Å²) in [5.41, 5.74) is 6.81. The average molecular weight is 609 g/mol. The fraction of sp³-hybridized carbons (Fsp3) is 0.231. The maximum atomic E-state index is 14.4. The average Bonchev–Trinajstić information content (AvgIpc) is 3.43. The Labute approximate surface area is 269 Å². The van der Waals surface area contributed by atoms with Crippen molar-refractivity contribution in [2.24, 2.45) is 0 Å². The minimum atomic E-state index is -1.03. The molecule has 1 aliphatic rings. The van der Waals surface area contributed by atoms with Crippen LogP contribution in [0.15, 0.2) is 109 Å². The zero-order chi connectivity index (χ0) is 32.0. The highest BCUT2D eigenvalue weighted by molar-refractivity contribution is 5.91. The summed E-state index contributed by atoms with van der Waals surface area (Å²) in [4.78, 5) is 33.7. The smallest absolute Gasteiger partial charge is 0.326 e. The number of amides is 1. The first kappa shape index (κ1) is 30.5. The van der Waals surface area contributed by atoms with Crippen LogP contribution in [0.5, 0.6) is 0 Å². The quantitative estimate of drug-likeness (QED) is 0.184. The number of aliphatic carboxylic acids is 1. The molecule has 2 heterocycles. The number of unbranched alkanes of at least 4 members (excludes halogenated alkanes) is 1. The van der Waals surface area contributed by atoms with Crippen LogP contribution >= 0.6 is 0 Å². The van der Waals surface area contributed by atoms with Crippen LogP contribution < -0.4 is 0 Å². The molecule has 46 heavy (non-hydrogen) atoms. The van der Waals surface area contributed by atoms with E-state index in [-0.39, 0.29) is 18.9 Å². The fourth-order valence-corrected chi connectivity index (χ4v) is 6.42. The second-order valence-corrected chi connectivity index (χ2v) is 11.7. The van der Waals surface area contributed by atoms with Crippen LogP contribution in [-0.4, -0.2) is 37.5 Å². The number of hydrogen-bond acceptors (Lipinski definition) is 4. The topological polar surface area (TPSA) is 99.2 Å². The molecule has 4 aromatic carbocycles. The largest absolute Gasteiger partial charge is 0.480 e. The van der Waals surface area contributed by atoms with E-state index in [0.29, 0.717) is 12.1 Å². The third-order valence-electron chi connectivity index (χ3n) is 8.81. The lowest BCUT2D eigenvalue weighted by molar-refractivity contribution is -0.151. The molecule has 0 saturated carbocycles. The molecule has 1 atom stereocenters. The monoisotopic (exact) mass is 608 g/mol. The molecule has 230 valence electrons. The summed E-state index contributed by atoms with van der Waals surface area (Å²) < 4.78 is 2.16. The molecule has 7 nitrogen and oxygen atoms in total. The van der Waals surface area contributed by atoms with E-state index in [0.717, 1.165) is 64.3 Å². The van der Waals surface area contributed by atoms with Gasteiger partial charge in [0, 0.05) is 25.1 Å². The molecule has 1 aliphatic heterocycles. The normalized spacial score (nSPS) is 14.1. The van der Waals surface area contributed by atoms with E-state index >= 15 is 0 Å². The lowest BCUT2D eigenvalue weighted by Crippen LogP contribution is -2.50. The molecule has 1 amide bonds. The van der Waals surface area contributed by atoms with Crippen molar-refractivity contribution in [1.82, 2.24) is 14.5 Å². The SMILES string of the molecule is CCCCc1nc2c(n1Cc1ccc(-c3ccccc3C#N)cc1)C[C@@H](C(=O)O)N(C(=O)C(c1ccccc1)c1ccccc1)C2. The Morgan fingerprint density at radius 1 is 0.913 bits per heavy atom. The molecule has 6 rings (SSSR count). The molecule has 1 aromatic heterocycles. The summed E-state index contributed by atoms with van der Waals surface area (Å²) in [5.74, 6) is -0.987. The van der Waals surface area contributed by atoms with E-state index in [4.69, 9.17) is 4.98 Å². The number of imidazole rings is 1. The zero-order valence-electron chi connectivity index (χ0n) is 25.8. The van der Waals surface area contributed by atoms with Gasteiger partial charge in [-0.25, -0.2) is 9.78 Å². The van der Waals surface area contributed by atoms with Crippen LogP contribution in [0.1, 0.15) is 65.1 Å². The first-order valence-corrected chi connectivity index (χ1v) is 15.8. The molecule has 5 aromatic rings. The van der Waals surface area contributed by atoms with Gasteiger partial charge >= 0.3 is 5.97 Å². The Bertz CT molecular complexity index is 1840. The third-order valence-corrected chi connectivity index (χ3v) is 8.81. The van der Waals surface area contributed by atoms with Gasteiger partial charge in [-0.3, -0.25) is 4.79 Å². The number of benzene rings is 4. The Morgan fingerprint density at radius 2 is 1.54 bits per heavy atom. The van der Waals surface area contributed by atoms with Crippen molar-refractivity contribution in [2.45, 2.75) is 57.7 Å². The number of carbonyl (C=O) groups excluding carboxylic acids is 1. The van der Waals surface area contributed by atoms with E-state index in [1.54, 1.807) is 0 Å². The number of fused-ring (bicyclic) bond motifs is 1. The molecule has 7 heteroatoms. The maximum absolute atomic E-state index is 14.4. The van der Waals surface area contributed by atoms with Gasteiger partial charge in [-0.1, -0.05) is 116 Å². The van der Waals surface area contributed by atoms with E-state index in [9.17, 15) is 20.0 Å². The van der Waals surface area contributed by atoms with Gasteiger partial charge in [0.1, 0.15) is 11.9 Å². The number of carboxylic acid groups (broad SMARTS) is 1. The molecule has 0 spiro atoms. The van der Waals surface area contributed by atoms with Crippen LogP contribution in [-0.2, 0) is 35.5 Å². The summed E-state index contributed by atoms with van der Waals surface area (Å²) in [6.07, 6.45) is 2.90. The van der Waals surface area contributed by atoms with Crippen LogP contribution in [0.4, 0.5) is 0 Å². The van der Waals surface area contributed by atoms with E-state index in [1.807, 2.05) is 97.1 Å². The van der Waals surface area contributed by atoms with Gasteiger partial charge in [0.25, 0.3) is 0 Å². The zero-order valence-corrected chi connectivity index (χ0v) is 25.8. The van der Waals surface area contributed by atoms with Gasteiger partial charge in [0.05, 0.1) is 29.8 Å². The van der Waals surface area contributed by atoms with Gasteiger partial charge in [-0.2, -0.15) is 5.26 Å². The number of nitrogens with zero attached hydrogens (tertiary/aromatic N) is 4. The second-order valence-electron chi connectivity index (χ2n) is 11.7. The van der Waals surface area contributed by atoms with Crippen LogP contribution in [0, 0.1) is 11.3 Å². The Hall–Kier alpha value is -5.48. The number of nitriles is 1. The lowest BCUT2D eigenvalue weighted by atomic mass is 9.88. The van der Waals surface area contributed by atoms with E-state index in [1.165, 1.54) is 4.90 Å². The van der Waals surface area contributed by atoms with Crippen molar-refractivity contribution < 1.29 is 14.7 Å². The molecular formula is C39H36N4O3. The van der Waals surface area contributed by atoms with Crippen molar-refractivity contribution >= 4 is 11.9 Å². The highest BCUT2D eigenvalue weighted by atomic mass is 16.4. The van der Waals surface area contributed by atoms with Gasteiger partial charge in [0.15, 0.2) is 0 Å². The molecule has 1 N–H and O–H groups in total. The van der Waals surface area contributed by atoms with Gasteiger partial charge in [-0.15, -0.1) is 0 Å². The minimum absolute atomic E-state index is 0.136. The first-order valence-electron chi connectivity index (χ1n) is 15.8. The van der Waals surface area contributed by atoms with E-state index < -0.39 is 17.9 Å². The predicted molar refractivity (Wildman–Crippen MR) is 177 cm³/mol. The number of rotatable bonds is 10. The summed E-state index contributed by atoms with van der Waals surface area (Å²) in [6.45, 7) is 2.81. The van der Waals surface area contributed by atoms with Crippen LogP contribution in [0.3, 0.4) is 0 Å². The summed E-state index contributed by atoms with van der Waals surface area (Å²) in [6, 6.07) is 36.0. The third kappa shape index (κ3) is 6.20. The molecule has 0 aliphatic carbocycles. The number of aromatic nitrogens is 2. The number of hydrogen-bond donors (Lipinski definition) is 1. The molecule has 0 bridgehead atoms. The highest BCUT2D eigenvalue weighted by Gasteiger charge is 2.40. The van der Waals surface area contributed by atoms with Crippen molar-refractivity contribution in [3.8, 4) is 17.2 Å². The van der Waals surface area contributed by atoms with Gasteiger partial charge in [-0.05, 0) is 40.3 Å². The molecule has 0 fully saturated rings. The second kappa shape index (κ2) is 13.7.